The summed E-state index contributed by atoms with van der Waals surface area (Å²) in [7, 11) is -3.89. The van der Waals surface area contributed by atoms with Gasteiger partial charge in [-0.15, -0.1) is 0 Å². The molecule has 11 heteroatoms. The molecule has 1 atom stereocenters. The number of hydrogen-bond acceptors (Lipinski definition) is 6. The number of halogens is 1. The van der Waals surface area contributed by atoms with Crippen molar-refractivity contribution in [3.8, 4) is 5.75 Å². The van der Waals surface area contributed by atoms with Crippen LogP contribution in [0.3, 0.4) is 0 Å². The number of ether oxygens (including phenoxy) is 1. The van der Waals surface area contributed by atoms with Crippen LogP contribution in [0, 0.1) is 12.8 Å². The van der Waals surface area contributed by atoms with E-state index < -0.39 is 22.0 Å². The third-order valence-electron chi connectivity index (χ3n) is 5.40. The fourth-order valence-corrected chi connectivity index (χ4v) is 4.86. The lowest BCUT2D eigenvalue weighted by Gasteiger charge is -2.19. The van der Waals surface area contributed by atoms with E-state index in [4.69, 9.17) is 16.3 Å². The van der Waals surface area contributed by atoms with Crippen LogP contribution in [0.2, 0.25) is 5.02 Å². The molecule has 3 aromatic carbocycles. The maximum atomic E-state index is 12.8. The minimum atomic E-state index is -3.89. The van der Waals surface area contributed by atoms with E-state index in [1.165, 1.54) is 18.3 Å². The zero-order chi connectivity index (χ0) is 28.4. The van der Waals surface area contributed by atoms with Crippen molar-refractivity contribution >= 4 is 45.3 Å². The van der Waals surface area contributed by atoms with E-state index in [2.05, 4.69) is 20.6 Å². The average molecular weight is 571 g/mol. The fraction of sp³-hybridized carbons (Fsp3) is 0.250. The molecule has 0 saturated heterocycles. The van der Waals surface area contributed by atoms with Crippen molar-refractivity contribution in [2.24, 2.45) is 11.0 Å². The Morgan fingerprint density at radius 3 is 2.36 bits per heavy atom. The Kier molecular flexibility index (Phi) is 10.6. The first-order valence-electron chi connectivity index (χ1n) is 12.2. The van der Waals surface area contributed by atoms with Crippen LogP contribution in [0.15, 0.2) is 82.8 Å². The standard InChI is InChI=1S/C28H31ClN4O5S/c1-19(2)15-26(33-39(36,37)25-13-7-20(3)8-14-25)28(35)32-30-17-21-9-11-24(12-10-21)38-18-27(34)31-23-6-4-5-22(29)16-23/h4-14,16-17,19,26,33H,15,18H2,1-3H3,(H,31,34)(H,32,35)/b30-17-/t26-/m1/s1. The number of hydrogen-bond donors (Lipinski definition) is 3. The molecule has 0 aromatic heterocycles. The highest BCUT2D eigenvalue weighted by atomic mass is 35.5. The van der Waals surface area contributed by atoms with Gasteiger partial charge < -0.3 is 10.1 Å². The van der Waals surface area contributed by atoms with Gasteiger partial charge >= 0.3 is 0 Å². The van der Waals surface area contributed by atoms with Gasteiger partial charge in [-0.05, 0) is 79.4 Å². The van der Waals surface area contributed by atoms with Gasteiger partial charge in [0.15, 0.2) is 6.61 Å². The summed E-state index contributed by atoms with van der Waals surface area (Å²) >= 11 is 5.91. The average Bonchev–Trinajstić information content (AvgIpc) is 2.87. The number of anilines is 1. The summed E-state index contributed by atoms with van der Waals surface area (Å²) in [6, 6.07) is 18.9. The SMILES string of the molecule is Cc1ccc(S(=O)(=O)N[C@H](CC(C)C)C(=O)N/N=C\c2ccc(OCC(=O)Nc3cccc(Cl)c3)cc2)cc1. The van der Waals surface area contributed by atoms with Crippen molar-refractivity contribution in [3.63, 3.8) is 0 Å². The first-order valence-corrected chi connectivity index (χ1v) is 14.1. The number of sulfonamides is 1. The van der Waals surface area contributed by atoms with Gasteiger partial charge in [0.05, 0.1) is 11.1 Å². The van der Waals surface area contributed by atoms with E-state index in [-0.39, 0.29) is 23.3 Å². The number of amides is 2. The molecule has 206 valence electrons. The molecule has 0 heterocycles. The second-order valence-electron chi connectivity index (χ2n) is 9.27. The highest BCUT2D eigenvalue weighted by Gasteiger charge is 2.26. The smallest absolute Gasteiger partial charge is 0.262 e. The number of aryl methyl sites for hydroxylation is 1. The summed E-state index contributed by atoms with van der Waals surface area (Å²) in [5.74, 6) is -0.369. The third kappa shape index (κ3) is 9.82. The van der Waals surface area contributed by atoms with Gasteiger partial charge in [0.1, 0.15) is 11.8 Å². The summed E-state index contributed by atoms with van der Waals surface area (Å²) in [5, 5.41) is 7.18. The summed E-state index contributed by atoms with van der Waals surface area (Å²) in [6.07, 6.45) is 1.72. The van der Waals surface area contributed by atoms with Gasteiger partial charge in [0.2, 0.25) is 10.0 Å². The predicted molar refractivity (Wildman–Crippen MR) is 152 cm³/mol. The second-order valence-corrected chi connectivity index (χ2v) is 11.4. The molecule has 3 N–H and O–H groups in total. The topological polar surface area (TPSA) is 126 Å². The van der Waals surface area contributed by atoms with Crippen LogP contribution in [0.1, 0.15) is 31.4 Å². The Hall–Kier alpha value is -3.73. The number of carbonyl (C=O) groups is 2. The lowest BCUT2D eigenvalue weighted by Crippen LogP contribution is -2.46. The van der Waals surface area contributed by atoms with Crippen molar-refractivity contribution in [2.75, 3.05) is 11.9 Å². The van der Waals surface area contributed by atoms with Crippen LogP contribution >= 0.6 is 11.6 Å². The van der Waals surface area contributed by atoms with Crippen LogP contribution < -0.4 is 20.2 Å². The van der Waals surface area contributed by atoms with Gasteiger partial charge in [-0.25, -0.2) is 13.8 Å². The van der Waals surface area contributed by atoms with Gasteiger partial charge in [0, 0.05) is 10.7 Å². The molecule has 3 aromatic rings. The number of nitrogens with zero attached hydrogens (tertiary/aromatic N) is 1. The van der Waals surface area contributed by atoms with Crippen molar-refractivity contribution in [2.45, 2.75) is 38.1 Å². The molecule has 0 saturated carbocycles. The van der Waals surface area contributed by atoms with Crippen LogP contribution in [0.25, 0.3) is 0 Å². The largest absolute Gasteiger partial charge is 0.484 e. The summed E-state index contributed by atoms with van der Waals surface area (Å²) < 4.78 is 33.6. The van der Waals surface area contributed by atoms with Crippen molar-refractivity contribution in [3.05, 3.63) is 88.9 Å². The maximum absolute atomic E-state index is 12.8. The predicted octanol–water partition coefficient (Wildman–Crippen LogP) is 4.51. The Labute approximate surface area is 233 Å². The molecule has 0 fully saturated rings. The molecule has 3 rings (SSSR count). The molecule has 9 nitrogen and oxygen atoms in total. The van der Waals surface area contributed by atoms with Crippen LogP contribution in [-0.4, -0.2) is 39.1 Å². The summed E-state index contributed by atoms with van der Waals surface area (Å²) in [4.78, 5) is 24.9. The van der Waals surface area contributed by atoms with Gasteiger partial charge in [0.25, 0.3) is 11.8 Å². The Morgan fingerprint density at radius 2 is 1.72 bits per heavy atom. The molecule has 0 aliphatic rings. The van der Waals surface area contributed by atoms with Gasteiger partial charge in [-0.3, -0.25) is 9.59 Å². The Bertz CT molecular complexity index is 1410. The molecule has 0 unspecified atom stereocenters. The fourth-order valence-electron chi connectivity index (χ4n) is 3.46. The van der Waals surface area contributed by atoms with E-state index in [0.717, 1.165) is 5.56 Å². The molecule has 0 aliphatic carbocycles. The highest BCUT2D eigenvalue weighted by Crippen LogP contribution is 2.16. The van der Waals surface area contributed by atoms with Crippen LogP contribution in [0.5, 0.6) is 5.75 Å². The van der Waals surface area contributed by atoms with Crippen molar-refractivity contribution in [1.82, 2.24) is 10.1 Å². The molecule has 39 heavy (non-hydrogen) atoms. The van der Waals surface area contributed by atoms with E-state index in [9.17, 15) is 18.0 Å². The zero-order valence-corrected chi connectivity index (χ0v) is 23.4. The second kappa shape index (κ2) is 13.9. The van der Waals surface area contributed by atoms with Crippen LogP contribution in [0.4, 0.5) is 5.69 Å². The number of nitrogens with one attached hydrogen (secondary N) is 3. The minimum absolute atomic E-state index is 0.0607. The van der Waals surface area contributed by atoms with E-state index in [1.807, 2.05) is 20.8 Å². The molecule has 0 spiro atoms. The van der Waals surface area contributed by atoms with Crippen LogP contribution in [-0.2, 0) is 19.6 Å². The number of hydrazone groups is 1. The van der Waals surface area contributed by atoms with E-state index in [1.54, 1.807) is 60.7 Å². The summed E-state index contributed by atoms with van der Waals surface area (Å²) in [5.41, 5.74) is 4.57. The summed E-state index contributed by atoms with van der Waals surface area (Å²) in [6.45, 7) is 5.47. The third-order valence-corrected chi connectivity index (χ3v) is 7.12. The highest BCUT2D eigenvalue weighted by molar-refractivity contribution is 7.89. The minimum Gasteiger partial charge on any atom is -0.484 e. The molecule has 0 bridgehead atoms. The quantitative estimate of drug-likeness (QED) is 0.218. The monoisotopic (exact) mass is 570 g/mol. The normalized spacial score (nSPS) is 12.3. The lowest BCUT2D eigenvalue weighted by molar-refractivity contribution is -0.123. The molecular formula is C28H31ClN4O5S. The number of rotatable bonds is 12. The van der Waals surface area contributed by atoms with Gasteiger partial charge in [-0.2, -0.15) is 9.82 Å². The van der Waals surface area contributed by atoms with E-state index in [0.29, 0.717) is 28.4 Å². The van der Waals surface area contributed by atoms with Gasteiger partial charge in [-0.1, -0.05) is 49.2 Å². The van der Waals surface area contributed by atoms with Crippen molar-refractivity contribution in [1.29, 1.82) is 0 Å². The zero-order valence-electron chi connectivity index (χ0n) is 21.8. The Balaban J connectivity index is 1.53. The first-order chi connectivity index (χ1) is 18.5. The molecule has 0 radical (unpaired) electrons. The molecule has 0 aliphatic heterocycles. The Morgan fingerprint density at radius 1 is 1.03 bits per heavy atom. The number of carbonyl (C=O) groups excluding carboxylic acids is 2. The van der Waals surface area contributed by atoms with Crippen molar-refractivity contribution < 1.29 is 22.7 Å². The lowest BCUT2D eigenvalue weighted by atomic mass is 10.0. The number of benzene rings is 3. The van der Waals surface area contributed by atoms with E-state index >= 15 is 0 Å². The molecule has 2 amide bonds. The first kappa shape index (κ1) is 29.8. The molecular weight excluding hydrogens is 540 g/mol. The maximum Gasteiger partial charge on any atom is 0.262 e.